The molecule has 2 rings (SSSR count). The van der Waals surface area contributed by atoms with Crippen LogP contribution in [-0.4, -0.2) is 20.0 Å². The molecule has 0 atom stereocenters. The summed E-state index contributed by atoms with van der Waals surface area (Å²) in [5.41, 5.74) is 1.30. The van der Waals surface area contributed by atoms with Crippen molar-refractivity contribution in [2.45, 2.75) is 12.8 Å². The molecule has 1 heterocycles. The first kappa shape index (κ1) is 10.2. The van der Waals surface area contributed by atoms with Crippen LogP contribution in [0.5, 0.6) is 10.8 Å². The number of thiophene rings is 1. The second kappa shape index (κ2) is 3.70. The summed E-state index contributed by atoms with van der Waals surface area (Å²) < 4.78 is 10.4. The zero-order valence-corrected chi connectivity index (χ0v) is 9.57. The van der Waals surface area contributed by atoms with Crippen LogP contribution in [0.25, 0.3) is 0 Å². The quantitative estimate of drug-likeness (QED) is 0.724. The van der Waals surface area contributed by atoms with Crippen LogP contribution in [0.2, 0.25) is 0 Å². The Balaban J connectivity index is 2.59. The van der Waals surface area contributed by atoms with Crippen LogP contribution in [0.1, 0.15) is 21.7 Å². The standard InChI is InChI=1S/C11H12O3S/c1-6-4-5-7-8(9(6)12)10(13-2)11(14-3)15-7/h1,4-5H2,2-3H3. The molecular weight excluding hydrogens is 212 g/mol. The smallest absolute Gasteiger partial charge is 0.217 e. The van der Waals surface area contributed by atoms with Gasteiger partial charge in [0.1, 0.15) is 0 Å². The maximum Gasteiger partial charge on any atom is 0.217 e. The number of Topliss-reactive ketones (excluding diaryl/α,β-unsaturated/α-hetero) is 1. The van der Waals surface area contributed by atoms with Crippen molar-refractivity contribution in [2.75, 3.05) is 14.2 Å². The summed E-state index contributed by atoms with van der Waals surface area (Å²) in [6, 6.07) is 0. The van der Waals surface area contributed by atoms with Gasteiger partial charge in [-0.25, -0.2) is 0 Å². The van der Waals surface area contributed by atoms with E-state index in [0.717, 1.165) is 17.7 Å². The minimum atomic E-state index is -0.00681. The predicted molar refractivity (Wildman–Crippen MR) is 59.2 cm³/mol. The molecule has 0 amide bonds. The minimum absolute atomic E-state index is 0.00681. The van der Waals surface area contributed by atoms with E-state index in [9.17, 15) is 4.79 Å². The van der Waals surface area contributed by atoms with Crippen LogP contribution in [-0.2, 0) is 6.42 Å². The van der Waals surface area contributed by atoms with E-state index in [1.807, 2.05) is 0 Å². The third kappa shape index (κ3) is 1.45. The van der Waals surface area contributed by atoms with Gasteiger partial charge < -0.3 is 9.47 Å². The van der Waals surface area contributed by atoms with Crippen molar-refractivity contribution < 1.29 is 14.3 Å². The Bertz CT molecular complexity index is 431. The fourth-order valence-corrected chi connectivity index (χ4v) is 2.80. The Morgan fingerprint density at radius 2 is 2.00 bits per heavy atom. The first-order valence-corrected chi connectivity index (χ1v) is 5.46. The molecule has 0 saturated carbocycles. The van der Waals surface area contributed by atoms with E-state index in [-0.39, 0.29) is 5.78 Å². The third-order valence-electron chi connectivity index (χ3n) is 2.50. The van der Waals surface area contributed by atoms with Gasteiger partial charge in [-0.1, -0.05) is 17.9 Å². The van der Waals surface area contributed by atoms with E-state index in [0.29, 0.717) is 21.9 Å². The molecule has 4 heteroatoms. The summed E-state index contributed by atoms with van der Waals surface area (Å²) in [6.07, 6.45) is 1.59. The Kier molecular flexibility index (Phi) is 2.52. The number of ketones is 1. The van der Waals surface area contributed by atoms with E-state index < -0.39 is 0 Å². The number of ether oxygens (including phenoxy) is 2. The highest BCUT2D eigenvalue weighted by atomic mass is 32.1. The molecule has 0 bridgehead atoms. The van der Waals surface area contributed by atoms with Crippen molar-refractivity contribution in [3.63, 3.8) is 0 Å². The molecule has 0 aliphatic heterocycles. The van der Waals surface area contributed by atoms with Gasteiger partial charge in [-0.2, -0.15) is 0 Å². The minimum Gasteiger partial charge on any atom is -0.491 e. The van der Waals surface area contributed by atoms with Gasteiger partial charge in [0, 0.05) is 4.88 Å². The normalized spacial score (nSPS) is 15.1. The fraction of sp³-hybridized carbons (Fsp3) is 0.364. The van der Waals surface area contributed by atoms with Crippen molar-refractivity contribution in [1.29, 1.82) is 0 Å². The van der Waals surface area contributed by atoms with Gasteiger partial charge in [0.05, 0.1) is 19.8 Å². The van der Waals surface area contributed by atoms with Gasteiger partial charge in [0.2, 0.25) is 5.06 Å². The Labute approximate surface area is 92.3 Å². The van der Waals surface area contributed by atoms with Gasteiger partial charge >= 0.3 is 0 Å². The number of methoxy groups -OCH3 is 2. The molecule has 1 aliphatic carbocycles. The predicted octanol–water partition coefficient (Wildman–Crippen LogP) is 2.45. The molecule has 0 radical (unpaired) electrons. The Hall–Kier alpha value is -1.29. The first-order chi connectivity index (χ1) is 7.19. The zero-order valence-electron chi connectivity index (χ0n) is 8.75. The molecule has 15 heavy (non-hydrogen) atoms. The summed E-state index contributed by atoms with van der Waals surface area (Å²) in [5, 5.41) is 0.672. The molecule has 0 fully saturated rings. The lowest BCUT2D eigenvalue weighted by molar-refractivity contribution is 0.102. The second-order valence-corrected chi connectivity index (χ2v) is 4.43. The topological polar surface area (TPSA) is 35.5 Å². The maximum atomic E-state index is 11.9. The third-order valence-corrected chi connectivity index (χ3v) is 3.69. The van der Waals surface area contributed by atoms with Crippen LogP contribution in [0, 0.1) is 0 Å². The van der Waals surface area contributed by atoms with Gasteiger partial charge in [-0.05, 0) is 18.4 Å². The van der Waals surface area contributed by atoms with Crippen LogP contribution in [0.3, 0.4) is 0 Å². The van der Waals surface area contributed by atoms with Crippen molar-refractivity contribution >= 4 is 17.1 Å². The zero-order chi connectivity index (χ0) is 11.0. The van der Waals surface area contributed by atoms with Crippen LogP contribution >= 0.6 is 11.3 Å². The van der Waals surface area contributed by atoms with E-state index in [4.69, 9.17) is 9.47 Å². The number of fused-ring (bicyclic) bond motifs is 1. The van der Waals surface area contributed by atoms with Gasteiger partial charge in [-0.3, -0.25) is 4.79 Å². The molecular formula is C11H12O3S. The van der Waals surface area contributed by atoms with Gasteiger partial charge in [-0.15, -0.1) is 0 Å². The number of aryl methyl sites for hydroxylation is 1. The number of rotatable bonds is 2. The Morgan fingerprint density at radius 1 is 1.27 bits per heavy atom. The average Bonchev–Trinajstić information content (AvgIpc) is 2.61. The molecule has 1 aromatic rings. The molecule has 0 N–H and O–H groups in total. The van der Waals surface area contributed by atoms with Crippen molar-refractivity contribution in [3.05, 3.63) is 22.6 Å². The monoisotopic (exact) mass is 224 g/mol. The molecule has 80 valence electrons. The lowest BCUT2D eigenvalue weighted by Crippen LogP contribution is -2.11. The summed E-state index contributed by atoms with van der Waals surface area (Å²) >= 11 is 1.48. The summed E-state index contributed by atoms with van der Waals surface area (Å²) in [4.78, 5) is 12.9. The summed E-state index contributed by atoms with van der Waals surface area (Å²) in [5.74, 6) is 0.552. The molecule has 0 spiro atoms. The van der Waals surface area contributed by atoms with Gasteiger partial charge in [0.25, 0.3) is 0 Å². The SMILES string of the molecule is C=C1CCc2sc(OC)c(OC)c2C1=O. The van der Waals surface area contributed by atoms with Crippen molar-refractivity contribution in [3.8, 4) is 10.8 Å². The lowest BCUT2D eigenvalue weighted by atomic mass is 9.93. The van der Waals surface area contributed by atoms with Crippen LogP contribution in [0.15, 0.2) is 12.2 Å². The van der Waals surface area contributed by atoms with Crippen molar-refractivity contribution in [1.82, 2.24) is 0 Å². The summed E-state index contributed by atoms with van der Waals surface area (Å²) in [6.45, 7) is 3.76. The Morgan fingerprint density at radius 3 is 2.60 bits per heavy atom. The first-order valence-electron chi connectivity index (χ1n) is 4.65. The number of carbonyl (C=O) groups excluding carboxylic acids is 1. The number of hydrogen-bond donors (Lipinski definition) is 0. The van der Waals surface area contributed by atoms with Gasteiger partial charge in [0.15, 0.2) is 11.5 Å². The molecule has 0 saturated heterocycles. The number of allylic oxidation sites excluding steroid dienone is 1. The van der Waals surface area contributed by atoms with E-state index >= 15 is 0 Å². The highest BCUT2D eigenvalue weighted by Crippen LogP contribution is 2.45. The molecule has 0 aromatic carbocycles. The largest absolute Gasteiger partial charge is 0.491 e. The maximum absolute atomic E-state index is 11.9. The van der Waals surface area contributed by atoms with Crippen LogP contribution in [0.4, 0.5) is 0 Å². The number of carbonyl (C=O) groups is 1. The summed E-state index contributed by atoms with van der Waals surface area (Å²) in [7, 11) is 3.13. The average molecular weight is 224 g/mol. The second-order valence-electron chi connectivity index (χ2n) is 3.36. The van der Waals surface area contributed by atoms with Crippen molar-refractivity contribution in [2.24, 2.45) is 0 Å². The lowest BCUT2D eigenvalue weighted by Gasteiger charge is -2.12. The van der Waals surface area contributed by atoms with E-state index in [1.165, 1.54) is 11.3 Å². The molecule has 3 nitrogen and oxygen atoms in total. The van der Waals surface area contributed by atoms with E-state index in [2.05, 4.69) is 6.58 Å². The highest BCUT2D eigenvalue weighted by Gasteiger charge is 2.29. The molecule has 0 unspecified atom stereocenters. The van der Waals surface area contributed by atoms with E-state index in [1.54, 1.807) is 14.2 Å². The molecule has 1 aromatic heterocycles. The fourth-order valence-electron chi connectivity index (χ4n) is 1.72. The molecule has 1 aliphatic rings. The highest BCUT2D eigenvalue weighted by molar-refractivity contribution is 7.14. The van der Waals surface area contributed by atoms with Crippen LogP contribution < -0.4 is 9.47 Å². The number of hydrogen-bond acceptors (Lipinski definition) is 4.